The molecule has 0 atom stereocenters. The fourth-order valence-electron chi connectivity index (χ4n) is 1.64. The highest BCUT2D eigenvalue weighted by Gasteiger charge is 2.02. The minimum atomic E-state index is 0.630. The van der Waals surface area contributed by atoms with Gasteiger partial charge in [-0.05, 0) is 19.4 Å². The smallest absolute Gasteiger partial charge is 0.138 e. The summed E-state index contributed by atoms with van der Waals surface area (Å²) in [5.74, 6) is 0.918. The Morgan fingerprint density at radius 2 is 2.00 bits per heavy atom. The largest absolute Gasteiger partial charge is 0.361 e. The van der Waals surface area contributed by atoms with E-state index in [-0.39, 0.29) is 0 Å². The number of aryl methyl sites for hydroxylation is 1. The van der Waals surface area contributed by atoms with Gasteiger partial charge in [0.15, 0.2) is 0 Å². The van der Waals surface area contributed by atoms with Crippen molar-refractivity contribution in [1.29, 1.82) is 0 Å². The second kappa shape index (κ2) is 7.46. The van der Waals surface area contributed by atoms with Gasteiger partial charge in [-0.25, -0.2) is 0 Å². The molecule has 0 saturated carbocycles. The summed E-state index contributed by atoms with van der Waals surface area (Å²) in [6.45, 7) is 2.86. The number of unbranched alkanes of at least 4 members (excludes halogenated alkanes) is 4. The van der Waals surface area contributed by atoms with Crippen molar-refractivity contribution in [2.75, 3.05) is 6.54 Å². The first-order valence-corrected chi connectivity index (χ1v) is 6.01. The molecule has 0 amide bonds. The van der Waals surface area contributed by atoms with Crippen LogP contribution in [-0.4, -0.2) is 11.7 Å². The standard InChI is InChI=1S/C12H22N2O/c1-2-3-4-5-6-7-11-10-12(8-9-13)15-14-11/h10H,2-9,13H2,1H3. The lowest BCUT2D eigenvalue weighted by Crippen LogP contribution is -2.01. The zero-order valence-corrected chi connectivity index (χ0v) is 9.67. The molecule has 2 N–H and O–H groups in total. The first-order chi connectivity index (χ1) is 7.36. The van der Waals surface area contributed by atoms with Crippen LogP contribution in [0.15, 0.2) is 10.6 Å². The Morgan fingerprint density at radius 1 is 1.20 bits per heavy atom. The van der Waals surface area contributed by atoms with E-state index >= 15 is 0 Å². The zero-order chi connectivity index (χ0) is 10.9. The van der Waals surface area contributed by atoms with Crippen molar-refractivity contribution in [2.24, 2.45) is 5.73 Å². The quantitative estimate of drug-likeness (QED) is 0.671. The number of rotatable bonds is 8. The minimum absolute atomic E-state index is 0.630. The van der Waals surface area contributed by atoms with Crippen molar-refractivity contribution in [3.63, 3.8) is 0 Å². The van der Waals surface area contributed by atoms with Gasteiger partial charge in [0.1, 0.15) is 5.76 Å². The maximum Gasteiger partial charge on any atom is 0.138 e. The van der Waals surface area contributed by atoms with E-state index < -0.39 is 0 Å². The Hall–Kier alpha value is -0.830. The third kappa shape index (κ3) is 4.98. The summed E-state index contributed by atoms with van der Waals surface area (Å²) in [4.78, 5) is 0. The molecule has 1 aromatic heterocycles. The highest BCUT2D eigenvalue weighted by molar-refractivity contribution is 5.05. The van der Waals surface area contributed by atoms with Crippen molar-refractivity contribution in [3.8, 4) is 0 Å². The van der Waals surface area contributed by atoms with Crippen LogP contribution in [0.3, 0.4) is 0 Å². The fourth-order valence-corrected chi connectivity index (χ4v) is 1.64. The molecule has 1 rings (SSSR count). The van der Waals surface area contributed by atoms with Gasteiger partial charge in [0.2, 0.25) is 0 Å². The molecule has 0 spiro atoms. The Labute approximate surface area is 92.0 Å². The predicted octanol–water partition coefficient (Wildman–Crippen LogP) is 2.69. The SMILES string of the molecule is CCCCCCCc1cc(CCN)on1. The molecule has 0 saturated heterocycles. The zero-order valence-electron chi connectivity index (χ0n) is 9.67. The van der Waals surface area contributed by atoms with Crippen LogP contribution in [0.4, 0.5) is 0 Å². The van der Waals surface area contributed by atoms with Gasteiger partial charge in [-0.2, -0.15) is 0 Å². The Bertz CT molecular complexity index is 258. The molecule has 86 valence electrons. The monoisotopic (exact) mass is 210 g/mol. The van der Waals surface area contributed by atoms with E-state index in [1.165, 1.54) is 32.1 Å². The summed E-state index contributed by atoms with van der Waals surface area (Å²) < 4.78 is 5.15. The Balaban J connectivity index is 2.14. The molecule has 0 unspecified atom stereocenters. The maximum absolute atomic E-state index is 5.44. The van der Waals surface area contributed by atoms with E-state index in [9.17, 15) is 0 Å². The van der Waals surface area contributed by atoms with Crippen molar-refractivity contribution in [3.05, 3.63) is 17.5 Å². The first kappa shape index (κ1) is 12.2. The maximum atomic E-state index is 5.44. The van der Waals surface area contributed by atoms with Crippen LogP contribution >= 0.6 is 0 Å². The molecule has 15 heavy (non-hydrogen) atoms. The molecule has 1 aromatic rings. The van der Waals surface area contributed by atoms with E-state index in [4.69, 9.17) is 10.3 Å². The van der Waals surface area contributed by atoms with Crippen molar-refractivity contribution < 1.29 is 4.52 Å². The highest BCUT2D eigenvalue weighted by Crippen LogP contribution is 2.09. The van der Waals surface area contributed by atoms with Gasteiger partial charge in [0.05, 0.1) is 5.69 Å². The Kier molecular flexibility index (Phi) is 6.09. The molecule has 0 bridgehead atoms. The number of aromatic nitrogens is 1. The molecular formula is C12H22N2O. The van der Waals surface area contributed by atoms with E-state index in [0.717, 1.165) is 24.3 Å². The number of hydrogen-bond acceptors (Lipinski definition) is 3. The lowest BCUT2D eigenvalue weighted by atomic mass is 10.1. The topological polar surface area (TPSA) is 52.0 Å². The van der Waals surface area contributed by atoms with Crippen LogP contribution in [-0.2, 0) is 12.8 Å². The summed E-state index contributed by atoms with van der Waals surface area (Å²) in [6.07, 6.45) is 8.33. The normalized spacial score (nSPS) is 10.8. The molecule has 1 heterocycles. The van der Waals surface area contributed by atoms with Gasteiger partial charge >= 0.3 is 0 Å². The fraction of sp³-hybridized carbons (Fsp3) is 0.750. The molecule has 3 nitrogen and oxygen atoms in total. The summed E-state index contributed by atoms with van der Waals surface area (Å²) in [6, 6.07) is 2.03. The van der Waals surface area contributed by atoms with Gasteiger partial charge in [-0.1, -0.05) is 37.8 Å². The molecule has 0 aliphatic rings. The summed E-state index contributed by atoms with van der Waals surface area (Å²) in [5.41, 5.74) is 6.52. The van der Waals surface area contributed by atoms with Crippen LogP contribution < -0.4 is 5.73 Å². The second-order valence-electron chi connectivity index (χ2n) is 3.99. The van der Waals surface area contributed by atoms with Gasteiger partial charge in [0.25, 0.3) is 0 Å². The van der Waals surface area contributed by atoms with Crippen LogP contribution in [0.5, 0.6) is 0 Å². The van der Waals surface area contributed by atoms with Crippen LogP contribution in [0.2, 0.25) is 0 Å². The van der Waals surface area contributed by atoms with Crippen molar-refractivity contribution in [2.45, 2.75) is 51.9 Å². The Morgan fingerprint density at radius 3 is 2.73 bits per heavy atom. The van der Waals surface area contributed by atoms with Gasteiger partial charge < -0.3 is 10.3 Å². The van der Waals surface area contributed by atoms with E-state index in [2.05, 4.69) is 12.1 Å². The molecule has 3 heteroatoms. The average molecular weight is 210 g/mol. The second-order valence-corrected chi connectivity index (χ2v) is 3.99. The molecule has 0 aromatic carbocycles. The predicted molar refractivity (Wildman–Crippen MR) is 61.7 cm³/mol. The molecule has 0 fully saturated rings. The summed E-state index contributed by atoms with van der Waals surface area (Å²) in [5, 5.41) is 4.02. The van der Waals surface area contributed by atoms with Gasteiger partial charge in [0, 0.05) is 12.5 Å². The number of nitrogens with two attached hydrogens (primary N) is 1. The first-order valence-electron chi connectivity index (χ1n) is 6.01. The molecule has 0 aliphatic heterocycles. The molecule has 0 aliphatic carbocycles. The van der Waals surface area contributed by atoms with Crippen LogP contribution in [0, 0.1) is 0 Å². The van der Waals surface area contributed by atoms with Crippen molar-refractivity contribution >= 4 is 0 Å². The lowest BCUT2D eigenvalue weighted by Gasteiger charge is -1.96. The van der Waals surface area contributed by atoms with E-state index in [1.54, 1.807) is 0 Å². The third-order valence-corrected chi connectivity index (χ3v) is 2.53. The number of nitrogens with zero attached hydrogens (tertiary/aromatic N) is 1. The van der Waals surface area contributed by atoms with Gasteiger partial charge in [-0.3, -0.25) is 0 Å². The molecule has 0 radical (unpaired) electrons. The van der Waals surface area contributed by atoms with Gasteiger partial charge in [-0.15, -0.1) is 0 Å². The van der Waals surface area contributed by atoms with E-state index in [0.29, 0.717) is 6.54 Å². The lowest BCUT2D eigenvalue weighted by molar-refractivity contribution is 0.377. The number of hydrogen-bond donors (Lipinski definition) is 1. The van der Waals surface area contributed by atoms with Crippen LogP contribution in [0.1, 0.15) is 50.5 Å². The minimum Gasteiger partial charge on any atom is -0.361 e. The average Bonchev–Trinajstić information content (AvgIpc) is 2.66. The third-order valence-electron chi connectivity index (χ3n) is 2.53. The van der Waals surface area contributed by atoms with E-state index in [1.807, 2.05) is 6.07 Å². The van der Waals surface area contributed by atoms with Crippen molar-refractivity contribution in [1.82, 2.24) is 5.16 Å². The summed E-state index contributed by atoms with van der Waals surface area (Å²) in [7, 11) is 0. The van der Waals surface area contributed by atoms with Crippen LogP contribution in [0.25, 0.3) is 0 Å². The summed E-state index contributed by atoms with van der Waals surface area (Å²) >= 11 is 0. The molecular weight excluding hydrogens is 188 g/mol. The highest BCUT2D eigenvalue weighted by atomic mass is 16.5.